The summed E-state index contributed by atoms with van der Waals surface area (Å²) in [6.45, 7) is 4.79. The van der Waals surface area contributed by atoms with E-state index in [0.29, 0.717) is 17.0 Å². The molecule has 0 saturated carbocycles. The van der Waals surface area contributed by atoms with Gasteiger partial charge in [0.05, 0.1) is 11.6 Å². The van der Waals surface area contributed by atoms with E-state index in [2.05, 4.69) is 37.6 Å². The van der Waals surface area contributed by atoms with Gasteiger partial charge < -0.3 is 9.88 Å². The molecule has 0 aliphatic carbocycles. The highest BCUT2D eigenvalue weighted by Crippen LogP contribution is 2.20. The number of aromatic nitrogens is 6. The van der Waals surface area contributed by atoms with Gasteiger partial charge in [0, 0.05) is 12.1 Å². The van der Waals surface area contributed by atoms with E-state index in [0.717, 1.165) is 18.8 Å². The van der Waals surface area contributed by atoms with Gasteiger partial charge in [0.15, 0.2) is 11.6 Å². The Morgan fingerprint density at radius 2 is 2.21 bits per heavy atom. The van der Waals surface area contributed by atoms with Crippen LogP contribution in [-0.2, 0) is 6.54 Å². The fourth-order valence-electron chi connectivity index (χ4n) is 2.57. The van der Waals surface area contributed by atoms with Crippen molar-refractivity contribution in [2.45, 2.75) is 32.9 Å². The summed E-state index contributed by atoms with van der Waals surface area (Å²) in [5.41, 5.74) is 1.23. The maximum Gasteiger partial charge on any atom is 0.252 e. The lowest BCUT2D eigenvalue weighted by molar-refractivity contribution is 0.0938. The minimum atomic E-state index is -0.255. The molecule has 124 valence electrons. The number of hydrogen-bond donors (Lipinski definition) is 2. The van der Waals surface area contributed by atoms with Crippen LogP contribution >= 0.6 is 0 Å². The zero-order valence-electron chi connectivity index (χ0n) is 13.6. The maximum atomic E-state index is 12.7. The van der Waals surface area contributed by atoms with Crippen molar-refractivity contribution in [1.82, 2.24) is 35.3 Å². The van der Waals surface area contributed by atoms with Crippen molar-refractivity contribution in [3.63, 3.8) is 0 Å². The highest BCUT2D eigenvalue weighted by Gasteiger charge is 2.19. The maximum absolute atomic E-state index is 12.7. The van der Waals surface area contributed by atoms with Gasteiger partial charge in [-0.1, -0.05) is 25.1 Å². The SMILES string of the molecule is CCCn1cnnc1C(C)NC(=O)c1ccccc1-c1ncn[nH]1. The molecule has 0 bridgehead atoms. The molecule has 0 aliphatic rings. The molecule has 8 heteroatoms. The molecule has 3 aromatic rings. The predicted molar refractivity (Wildman–Crippen MR) is 88.0 cm³/mol. The van der Waals surface area contributed by atoms with E-state index in [-0.39, 0.29) is 11.9 Å². The number of aryl methyl sites for hydroxylation is 1. The Morgan fingerprint density at radius 1 is 1.38 bits per heavy atom. The monoisotopic (exact) mass is 325 g/mol. The molecule has 1 atom stereocenters. The zero-order valence-corrected chi connectivity index (χ0v) is 13.6. The fourth-order valence-corrected chi connectivity index (χ4v) is 2.57. The van der Waals surface area contributed by atoms with E-state index in [1.54, 1.807) is 12.4 Å². The molecule has 0 fully saturated rings. The number of rotatable bonds is 6. The van der Waals surface area contributed by atoms with Crippen molar-refractivity contribution in [2.24, 2.45) is 0 Å². The van der Waals surface area contributed by atoms with Crippen LogP contribution in [0.25, 0.3) is 11.4 Å². The molecule has 1 aromatic carbocycles. The molecule has 3 rings (SSSR count). The molecular formula is C16H19N7O. The van der Waals surface area contributed by atoms with Crippen LogP contribution in [0.1, 0.15) is 42.5 Å². The Hall–Kier alpha value is -3.03. The van der Waals surface area contributed by atoms with Crippen LogP contribution in [0, 0.1) is 0 Å². The Labute approximate surface area is 139 Å². The van der Waals surface area contributed by atoms with Gasteiger partial charge in [-0.15, -0.1) is 10.2 Å². The van der Waals surface area contributed by atoms with Gasteiger partial charge in [-0.25, -0.2) is 4.98 Å². The van der Waals surface area contributed by atoms with Crippen LogP contribution < -0.4 is 5.32 Å². The molecule has 1 amide bonds. The standard InChI is InChI=1S/C16H19N7O/c1-3-8-23-10-19-22-15(23)11(2)20-16(24)13-7-5-4-6-12(13)14-17-9-18-21-14/h4-7,9-11H,3,8H2,1-2H3,(H,20,24)(H,17,18,21). The molecule has 0 aliphatic heterocycles. The second kappa shape index (κ2) is 7.03. The Balaban J connectivity index is 1.82. The fraction of sp³-hybridized carbons (Fsp3) is 0.312. The normalized spacial score (nSPS) is 12.1. The van der Waals surface area contributed by atoms with Crippen molar-refractivity contribution < 1.29 is 4.79 Å². The van der Waals surface area contributed by atoms with E-state index >= 15 is 0 Å². The summed E-state index contributed by atoms with van der Waals surface area (Å²) in [7, 11) is 0. The summed E-state index contributed by atoms with van der Waals surface area (Å²) >= 11 is 0. The first-order valence-electron chi connectivity index (χ1n) is 7.84. The minimum absolute atomic E-state index is 0.194. The third-order valence-electron chi connectivity index (χ3n) is 3.69. The lowest BCUT2D eigenvalue weighted by Gasteiger charge is -2.15. The number of amides is 1. The van der Waals surface area contributed by atoms with E-state index in [9.17, 15) is 4.79 Å². The number of hydrogen-bond acceptors (Lipinski definition) is 5. The molecule has 2 aromatic heterocycles. The molecular weight excluding hydrogens is 306 g/mol. The average Bonchev–Trinajstić information content (AvgIpc) is 3.27. The van der Waals surface area contributed by atoms with Crippen molar-refractivity contribution in [3.8, 4) is 11.4 Å². The van der Waals surface area contributed by atoms with Gasteiger partial charge in [-0.2, -0.15) is 5.10 Å². The Kier molecular flexibility index (Phi) is 4.64. The first-order valence-corrected chi connectivity index (χ1v) is 7.84. The number of H-pyrrole nitrogens is 1. The highest BCUT2D eigenvalue weighted by molar-refractivity contribution is 6.00. The van der Waals surface area contributed by atoms with E-state index in [1.165, 1.54) is 6.33 Å². The summed E-state index contributed by atoms with van der Waals surface area (Å²) in [5.74, 6) is 1.10. The van der Waals surface area contributed by atoms with Gasteiger partial charge in [-0.05, 0) is 19.4 Å². The number of nitrogens with zero attached hydrogens (tertiary/aromatic N) is 5. The van der Waals surface area contributed by atoms with E-state index < -0.39 is 0 Å². The van der Waals surface area contributed by atoms with Crippen LogP contribution in [-0.4, -0.2) is 35.9 Å². The summed E-state index contributed by atoms with van der Waals surface area (Å²) < 4.78 is 1.95. The van der Waals surface area contributed by atoms with Crippen molar-refractivity contribution in [1.29, 1.82) is 0 Å². The number of benzene rings is 1. The van der Waals surface area contributed by atoms with Gasteiger partial charge in [0.2, 0.25) is 0 Å². The van der Waals surface area contributed by atoms with Crippen molar-refractivity contribution >= 4 is 5.91 Å². The summed E-state index contributed by atoms with van der Waals surface area (Å²) in [6, 6.07) is 7.01. The summed E-state index contributed by atoms with van der Waals surface area (Å²) in [6.07, 6.45) is 4.07. The zero-order chi connectivity index (χ0) is 16.9. The molecule has 1 unspecified atom stereocenters. The number of carbonyl (C=O) groups excluding carboxylic acids is 1. The average molecular weight is 325 g/mol. The molecule has 0 radical (unpaired) electrons. The molecule has 0 spiro atoms. The smallest absolute Gasteiger partial charge is 0.252 e. The highest BCUT2D eigenvalue weighted by atomic mass is 16.1. The minimum Gasteiger partial charge on any atom is -0.342 e. The van der Waals surface area contributed by atoms with Crippen LogP contribution in [0.3, 0.4) is 0 Å². The first-order chi connectivity index (χ1) is 11.7. The summed E-state index contributed by atoms with van der Waals surface area (Å²) in [5, 5.41) is 17.7. The lowest BCUT2D eigenvalue weighted by atomic mass is 10.1. The van der Waals surface area contributed by atoms with E-state index in [1.807, 2.05) is 29.7 Å². The second-order valence-corrected chi connectivity index (χ2v) is 5.46. The molecule has 2 N–H and O–H groups in total. The first kappa shape index (κ1) is 15.9. The lowest BCUT2D eigenvalue weighted by Crippen LogP contribution is -2.29. The quantitative estimate of drug-likeness (QED) is 0.721. The molecule has 0 saturated heterocycles. The third-order valence-corrected chi connectivity index (χ3v) is 3.69. The number of carbonyl (C=O) groups is 1. The Bertz CT molecular complexity index is 809. The molecule has 2 heterocycles. The van der Waals surface area contributed by atoms with Crippen LogP contribution in [0.4, 0.5) is 0 Å². The number of aromatic amines is 1. The summed E-state index contributed by atoms with van der Waals surface area (Å²) in [4.78, 5) is 16.8. The van der Waals surface area contributed by atoms with Crippen molar-refractivity contribution in [2.75, 3.05) is 0 Å². The topological polar surface area (TPSA) is 101 Å². The third kappa shape index (κ3) is 3.17. The van der Waals surface area contributed by atoms with Gasteiger partial charge >= 0.3 is 0 Å². The Morgan fingerprint density at radius 3 is 2.96 bits per heavy atom. The molecule has 8 nitrogen and oxygen atoms in total. The van der Waals surface area contributed by atoms with Gasteiger partial charge in [-0.3, -0.25) is 9.89 Å². The van der Waals surface area contributed by atoms with Gasteiger partial charge in [0.25, 0.3) is 5.91 Å². The van der Waals surface area contributed by atoms with Crippen LogP contribution in [0.15, 0.2) is 36.9 Å². The van der Waals surface area contributed by atoms with Crippen LogP contribution in [0.5, 0.6) is 0 Å². The molecule has 24 heavy (non-hydrogen) atoms. The van der Waals surface area contributed by atoms with E-state index in [4.69, 9.17) is 0 Å². The number of nitrogens with one attached hydrogen (secondary N) is 2. The van der Waals surface area contributed by atoms with Crippen LogP contribution in [0.2, 0.25) is 0 Å². The largest absolute Gasteiger partial charge is 0.342 e. The van der Waals surface area contributed by atoms with Crippen molar-refractivity contribution in [3.05, 3.63) is 48.3 Å². The second-order valence-electron chi connectivity index (χ2n) is 5.46. The predicted octanol–water partition coefficient (Wildman–Crippen LogP) is 1.96. The van der Waals surface area contributed by atoms with Gasteiger partial charge in [0.1, 0.15) is 12.7 Å².